The summed E-state index contributed by atoms with van der Waals surface area (Å²) in [4.78, 5) is 12.7. The lowest BCUT2D eigenvalue weighted by Gasteiger charge is -2.35. The maximum atomic E-state index is 11.1. The van der Waals surface area contributed by atoms with Crippen LogP contribution in [0.2, 0.25) is 5.02 Å². The van der Waals surface area contributed by atoms with Crippen LogP contribution in [0, 0.1) is 10.1 Å². The lowest BCUT2D eigenvalue weighted by molar-refractivity contribution is -0.385. The standard InChI is InChI=1S/C13H17ClN2O4/c1-9-5-15(7-12(8-17)20-9)6-10-2-3-11(14)4-13(10)16(18)19/h2-4,9,12,17H,5-8H2,1H3. The van der Waals surface area contributed by atoms with Gasteiger partial charge in [-0.05, 0) is 19.1 Å². The molecule has 2 atom stereocenters. The first-order valence-corrected chi connectivity index (χ1v) is 6.79. The topological polar surface area (TPSA) is 75.8 Å². The number of hydrogen-bond donors (Lipinski definition) is 1. The molecule has 1 fully saturated rings. The summed E-state index contributed by atoms with van der Waals surface area (Å²) in [5.41, 5.74) is 0.641. The number of hydrogen-bond acceptors (Lipinski definition) is 5. The molecule has 0 aromatic heterocycles. The van der Waals surface area contributed by atoms with Gasteiger partial charge < -0.3 is 9.84 Å². The third kappa shape index (κ3) is 3.67. The Kier molecular flexibility index (Phi) is 4.93. The molecule has 1 aromatic carbocycles. The van der Waals surface area contributed by atoms with Crippen molar-refractivity contribution in [2.45, 2.75) is 25.7 Å². The van der Waals surface area contributed by atoms with Gasteiger partial charge in [-0.25, -0.2) is 0 Å². The van der Waals surface area contributed by atoms with Crippen molar-refractivity contribution in [3.8, 4) is 0 Å². The summed E-state index contributed by atoms with van der Waals surface area (Å²) in [5, 5.41) is 20.6. The normalized spacial score (nSPS) is 23.8. The Bertz CT molecular complexity index is 497. The largest absolute Gasteiger partial charge is 0.394 e. The maximum Gasteiger partial charge on any atom is 0.275 e. The summed E-state index contributed by atoms with van der Waals surface area (Å²) < 4.78 is 5.55. The Labute approximate surface area is 122 Å². The summed E-state index contributed by atoms with van der Waals surface area (Å²) in [6.45, 7) is 3.54. The number of aliphatic hydroxyl groups is 1. The van der Waals surface area contributed by atoms with Crippen LogP contribution in [0.15, 0.2) is 18.2 Å². The zero-order valence-electron chi connectivity index (χ0n) is 11.2. The molecule has 1 aromatic rings. The molecule has 0 bridgehead atoms. The number of rotatable bonds is 4. The third-order valence-electron chi connectivity index (χ3n) is 3.24. The molecule has 1 saturated heterocycles. The second kappa shape index (κ2) is 6.49. The molecule has 7 heteroatoms. The number of aliphatic hydroxyl groups excluding tert-OH is 1. The minimum Gasteiger partial charge on any atom is -0.394 e. The zero-order chi connectivity index (χ0) is 14.7. The van der Waals surface area contributed by atoms with Crippen molar-refractivity contribution in [3.05, 3.63) is 38.9 Å². The molecule has 6 nitrogen and oxygen atoms in total. The van der Waals surface area contributed by atoms with Crippen LogP contribution in [0.1, 0.15) is 12.5 Å². The smallest absolute Gasteiger partial charge is 0.275 e. The lowest BCUT2D eigenvalue weighted by atomic mass is 10.1. The second-order valence-corrected chi connectivity index (χ2v) is 5.41. The van der Waals surface area contributed by atoms with Gasteiger partial charge in [0.15, 0.2) is 0 Å². The molecule has 1 heterocycles. The Hall–Kier alpha value is -1.21. The maximum absolute atomic E-state index is 11.1. The lowest BCUT2D eigenvalue weighted by Crippen LogP contribution is -2.47. The van der Waals surface area contributed by atoms with Gasteiger partial charge in [0.1, 0.15) is 0 Å². The molecule has 1 aliphatic rings. The van der Waals surface area contributed by atoms with Crippen molar-refractivity contribution in [1.82, 2.24) is 4.90 Å². The van der Waals surface area contributed by atoms with Crippen LogP contribution in [-0.4, -0.2) is 46.8 Å². The fourth-order valence-corrected chi connectivity index (χ4v) is 2.62. The van der Waals surface area contributed by atoms with E-state index in [1.807, 2.05) is 11.8 Å². The molecule has 0 aliphatic carbocycles. The van der Waals surface area contributed by atoms with Crippen LogP contribution >= 0.6 is 11.6 Å². The molecule has 1 N–H and O–H groups in total. The van der Waals surface area contributed by atoms with Crippen LogP contribution in [0.4, 0.5) is 5.69 Å². The summed E-state index contributed by atoms with van der Waals surface area (Å²) in [7, 11) is 0. The number of halogens is 1. The Morgan fingerprint density at radius 1 is 1.55 bits per heavy atom. The van der Waals surface area contributed by atoms with Gasteiger partial charge in [0.25, 0.3) is 5.69 Å². The highest BCUT2D eigenvalue weighted by atomic mass is 35.5. The minimum absolute atomic E-state index is 0.00717. The molecule has 2 unspecified atom stereocenters. The second-order valence-electron chi connectivity index (χ2n) is 4.98. The van der Waals surface area contributed by atoms with E-state index in [9.17, 15) is 15.2 Å². The Morgan fingerprint density at radius 2 is 2.30 bits per heavy atom. The molecule has 0 spiro atoms. The van der Waals surface area contributed by atoms with Gasteiger partial charge in [-0.15, -0.1) is 0 Å². The number of morpholine rings is 1. The zero-order valence-corrected chi connectivity index (χ0v) is 11.9. The fourth-order valence-electron chi connectivity index (χ4n) is 2.45. The number of nitro groups is 1. The summed E-state index contributed by atoms with van der Waals surface area (Å²) in [6, 6.07) is 4.69. The van der Waals surface area contributed by atoms with Crippen LogP contribution in [-0.2, 0) is 11.3 Å². The van der Waals surface area contributed by atoms with Crippen molar-refractivity contribution in [2.24, 2.45) is 0 Å². The summed E-state index contributed by atoms with van der Waals surface area (Å²) in [5.74, 6) is 0. The van der Waals surface area contributed by atoms with E-state index >= 15 is 0 Å². The quantitative estimate of drug-likeness (QED) is 0.678. The van der Waals surface area contributed by atoms with Gasteiger partial charge in [0.05, 0.1) is 23.7 Å². The summed E-state index contributed by atoms with van der Waals surface area (Å²) >= 11 is 5.80. The fraction of sp³-hybridized carbons (Fsp3) is 0.538. The number of benzene rings is 1. The van der Waals surface area contributed by atoms with Crippen molar-refractivity contribution < 1.29 is 14.8 Å². The average molecular weight is 301 g/mol. The first kappa shape index (κ1) is 15.2. The Morgan fingerprint density at radius 3 is 2.95 bits per heavy atom. The van der Waals surface area contributed by atoms with E-state index in [2.05, 4.69) is 0 Å². The van der Waals surface area contributed by atoms with Gasteiger partial charge in [-0.2, -0.15) is 0 Å². The van der Waals surface area contributed by atoms with Gasteiger partial charge in [0.2, 0.25) is 0 Å². The van der Waals surface area contributed by atoms with Crippen molar-refractivity contribution >= 4 is 17.3 Å². The van der Waals surface area contributed by atoms with Crippen molar-refractivity contribution in [3.63, 3.8) is 0 Å². The van der Waals surface area contributed by atoms with E-state index < -0.39 is 4.92 Å². The molecule has 110 valence electrons. The van der Waals surface area contributed by atoms with E-state index in [4.69, 9.17) is 16.3 Å². The highest BCUT2D eigenvalue weighted by Gasteiger charge is 2.26. The Balaban J connectivity index is 2.15. The van der Waals surface area contributed by atoms with Crippen molar-refractivity contribution in [2.75, 3.05) is 19.7 Å². The molecule has 0 amide bonds. The van der Waals surface area contributed by atoms with E-state index in [0.717, 1.165) is 0 Å². The van der Waals surface area contributed by atoms with E-state index in [0.29, 0.717) is 30.2 Å². The summed E-state index contributed by atoms with van der Waals surface area (Å²) in [6.07, 6.45) is -0.252. The average Bonchev–Trinajstić information content (AvgIpc) is 2.40. The number of nitro benzene ring substituents is 1. The van der Waals surface area contributed by atoms with Gasteiger partial charge in [0, 0.05) is 36.3 Å². The third-order valence-corrected chi connectivity index (χ3v) is 3.48. The first-order valence-electron chi connectivity index (χ1n) is 6.41. The molecular weight excluding hydrogens is 284 g/mol. The molecule has 1 aliphatic heterocycles. The van der Waals surface area contributed by atoms with Crippen LogP contribution < -0.4 is 0 Å². The minimum atomic E-state index is -0.422. The number of nitrogens with zero attached hydrogens (tertiary/aromatic N) is 2. The van der Waals surface area contributed by atoms with Crippen LogP contribution in [0.5, 0.6) is 0 Å². The predicted octanol–water partition coefficient (Wildman–Crippen LogP) is 1.83. The highest BCUT2D eigenvalue weighted by molar-refractivity contribution is 6.30. The van der Waals surface area contributed by atoms with Crippen LogP contribution in [0.25, 0.3) is 0 Å². The van der Waals surface area contributed by atoms with Gasteiger partial charge in [-0.1, -0.05) is 11.6 Å². The number of ether oxygens (including phenoxy) is 1. The van der Waals surface area contributed by atoms with Crippen LogP contribution in [0.3, 0.4) is 0 Å². The molecular formula is C13H17ClN2O4. The monoisotopic (exact) mass is 300 g/mol. The van der Waals surface area contributed by atoms with Crippen molar-refractivity contribution in [1.29, 1.82) is 0 Å². The van der Waals surface area contributed by atoms with E-state index in [1.165, 1.54) is 6.07 Å². The van der Waals surface area contributed by atoms with E-state index in [-0.39, 0.29) is 24.5 Å². The van der Waals surface area contributed by atoms with Gasteiger partial charge in [-0.3, -0.25) is 15.0 Å². The SMILES string of the molecule is CC1CN(Cc2ccc(Cl)cc2[N+](=O)[O-])CC(CO)O1. The predicted molar refractivity (Wildman–Crippen MR) is 74.8 cm³/mol. The first-order chi connectivity index (χ1) is 9.49. The molecule has 20 heavy (non-hydrogen) atoms. The molecule has 0 saturated carbocycles. The van der Waals surface area contributed by atoms with E-state index in [1.54, 1.807) is 12.1 Å². The highest BCUT2D eigenvalue weighted by Crippen LogP contribution is 2.25. The molecule has 2 rings (SSSR count). The van der Waals surface area contributed by atoms with Gasteiger partial charge >= 0.3 is 0 Å². The molecule has 0 radical (unpaired) electrons.